The quantitative estimate of drug-likeness (QED) is 0.113. The molecule has 2 aromatic carbocycles. The van der Waals surface area contributed by atoms with Gasteiger partial charge in [-0.2, -0.15) is 0 Å². The monoisotopic (exact) mass is 790 g/mol. The molecular weight excluding hydrogens is 737 g/mol. The Hall–Kier alpha value is -5.92. The lowest BCUT2D eigenvalue weighted by Gasteiger charge is -2.30. The van der Waals surface area contributed by atoms with E-state index < -0.39 is 24.3 Å². The van der Waals surface area contributed by atoms with Gasteiger partial charge in [0.15, 0.2) is 0 Å². The lowest BCUT2D eigenvalue weighted by molar-refractivity contribution is -0.136. The van der Waals surface area contributed by atoms with E-state index in [1.165, 1.54) is 25.4 Å². The van der Waals surface area contributed by atoms with Crippen LogP contribution in [0.3, 0.4) is 0 Å². The number of alkyl carbamates (subject to hydrolysis) is 2. The van der Waals surface area contributed by atoms with Crippen molar-refractivity contribution in [3.05, 3.63) is 77.1 Å². The molecule has 2 saturated heterocycles. The molecule has 3 aliphatic rings. The van der Waals surface area contributed by atoms with Crippen molar-refractivity contribution in [1.29, 1.82) is 0 Å². The van der Waals surface area contributed by atoms with Crippen LogP contribution in [0.5, 0.6) is 0 Å². The fourth-order valence-corrected chi connectivity index (χ4v) is 8.68. The number of imidazole rings is 2. The van der Waals surface area contributed by atoms with E-state index in [-0.39, 0.29) is 35.7 Å². The summed E-state index contributed by atoms with van der Waals surface area (Å²) in [5, 5.41) is 5.43. The van der Waals surface area contributed by atoms with Gasteiger partial charge < -0.3 is 39.9 Å². The average Bonchev–Trinajstić information content (AvgIpc) is 4.05. The molecule has 2 aromatic heterocycles. The first kappa shape index (κ1) is 40.3. The third kappa shape index (κ3) is 7.59. The van der Waals surface area contributed by atoms with Crippen LogP contribution in [-0.4, -0.2) is 93.1 Å². The Morgan fingerprint density at radius 1 is 0.672 bits per heavy atom. The highest BCUT2D eigenvalue weighted by atomic mass is 16.5. The first-order valence-electron chi connectivity index (χ1n) is 20.2. The van der Waals surface area contributed by atoms with E-state index in [0.29, 0.717) is 13.1 Å². The number of hydrogen-bond donors (Lipinski definition) is 4. The molecule has 306 valence electrons. The molecule has 0 unspecified atom stereocenters. The van der Waals surface area contributed by atoms with Crippen molar-refractivity contribution in [1.82, 2.24) is 40.4 Å². The summed E-state index contributed by atoms with van der Waals surface area (Å²) in [6.45, 7) is 13.1. The normalized spacial score (nSPS) is 18.3. The smallest absolute Gasteiger partial charge is 0.407 e. The molecule has 0 bridgehead atoms. The summed E-state index contributed by atoms with van der Waals surface area (Å²) in [5.74, 6) is 0.925. The molecule has 4 amide bonds. The Balaban J connectivity index is 1.11. The third-order valence-corrected chi connectivity index (χ3v) is 11.7. The molecule has 4 N–H and O–H groups in total. The zero-order valence-corrected chi connectivity index (χ0v) is 34.6. The molecule has 0 spiro atoms. The van der Waals surface area contributed by atoms with Gasteiger partial charge in [0.25, 0.3) is 0 Å². The largest absolute Gasteiger partial charge is 0.453 e. The van der Waals surface area contributed by atoms with Gasteiger partial charge in [0.05, 0.1) is 50.1 Å². The lowest BCUT2D eigenvalue weighted by Crippen LogP contribution is -2.51. The number of H-pyrrole nitrogens is 2. The number of methoxy groups -OCH3 is 2. The van der Waals surface area contributed by atoms with Crippen LogP contribution in [0.2, 0.25) is 0 Å². The Morgan fingerprint density at radius 2 is 1.09 bits per heavy atom. The van der Waals surface area contributed by atoms with E-state index in [1.807, 2.05) is 49.9 Å². The molecule has 0 radical (unpaired) electrons. The molecule has 0 saturated carbocycles. The molecule has 14 heteroatoms. The highest BCUT2D eigenvalue weighted by Crippen LogP contribution is 2.48. The minimum atomic E-state index is -0.701. The van der Waals surface area contributed by atoms with Gasteiger partial charge in [-0.3, -0.25) is 9.59 Å². The van der Waals surface area contributed by atoms with Crippen molar-refractivity contribution >= 4 is 29.6 Å². The van der Waals surface area contributed by atoms with Gasteiger partial charge in [-0.15, -0.1) is 0 Å². The number of nitrogens with zero attached hydrogens (tertiary/aromatic N) is 4. The van der Waals surface area contributed by atoms with Gasteiger partial charge in [-0.25, -0.2) is 19.6 Å². The number of likely N-dealkylation sites (tertiary alicyclic amines) is 2. The second-order valence-corrected chi connectivity index (χ2v) is 16.4. The van der Waals surface area contributed by atoms with E-state index in [2.05, 4.69) is 70.8 Å². The number of rotatable bonds is 10. The van der Waals surface area contributed by atoms with E-state index in [1.54, 1.807) is 0 Å². The fraction of sp³-hybridized carbons (Fsp3) is 0.455. The number of carbonyl (C=O) groups is 4. The summed E-state index contributed by atoms with van der Waals surface area (Å²) >= 11 is 0. The Morgan fingerprint density at radius 3 is 1.45 bits per heavy atom. The maximum atomic E-state index is 13.7. The van der Waals surface area contributed by atoms with Crippen LogP contribution in [0, 0.1) is 11.8 Å². The van der Waals surface area contributed by atoms with Gasteiger partial charge in [-0.1, -0.05) is 57.5 Å². The van der Waals surface area contributed by atoms with Crippen LogP contribution in [0.15, 0.2) is 54.4 Å². The Labute approximate surface area is 339 Å². The first-order valence-corrected chi connectivity index (χ1v) is 20.2. The summed E-state index contributed by atoms with van der Waals surface area (Å²) < 4.78 is 9.58. The predicted octanol–water partition coefficient (Wildman–Crippen LogP) is 7.38. The minimum absolute atomic E-state index is 0.116. The predicted molar refractivity (Wildman–Crippen MR) is 220 cm³/mol. The van der Waals surface area contributed by atoms with Gasteiger partial charge in [0.1, 0.15) is 23.7 Å². The number of benzene rings is 2. The SMILES string of the molecule is COC(=O)N[C@H](C(=O)N1CCC[C@H]1c1ncc(-c2ccc3c(c2)C(=C(C)C)c2cc(-c4cnc([C@@H]5CCCN5C(=O)[C@@H](NC(=O)OC)C(C)C)[nH]4)ccc2-3)[nH]1)C(C)C. The molecule has 4 aromatic rings. The lowest BCUT2D eigenvalue weighted by atomic mass is 9.96. The van der Waals surface area contributed by atoms with E-state index in [0.717, 1.165) is 82.1 Å². The molecule has 1 aliphatic carbocycles. The Bertz CT molecular complexity index is 2100. The first-order chi connectivity index (χ1) is 27.8. The summed E-state index contributed by atoms with van der Waals surface area (Å²) in [7, 11) is 2.59. The molecule has 2 fully saturated rings. The summed E-state index contributed by atoms with van der Waals surface area (Å²) in [5.41, 5.74) is 10.6. The van der Waals surface area contributed by atoms with Crippen LogP contribution in [0.1, 0.15) is 102 Å². The van der Waals surface area contributed by atoms with Gasteiger partial charge in [0.2, 0.25) is 11.8 Å². The minimum Gasteiger partial charge on any atom is -0.453 e. The molecule has 4 atom stereocenters. The van der Waals surface area contributed by atoms with Crippen molar-refractivity contribution < 1.29 is 28.7 Å². The number of aromatic nitrogens is 4. The van der Waals surface area contributed by atoms with Gasteiger partial charge in [0, 0.05) is 24.2 Å². The number of ether oxygens (including phenoxy) is 2. The van der Waals surface area contributed by atoms with Crippen molar-refractivity contribution in [3.8, 4) is 33.6 Å². The van der Waals surface area contributed by atoms with E-state index in [4.69, 9.17) is 19.4 Å². The molecule has 2 aliphatic heterocycles. The zero-order chi connectivity index (χ0) is 41.4. The maximum absolute atomic E-state index is 13.7. The summed E-state index contributed by atoms with van der Waals surface area (Å²) in [4.78, 5) is 71.7. The Kier molecular flexibility index (Phi) is 11.5. The van der Waals surface area contributed by atoms with E-state index in [9.17, 15) is 19.2 Å². The standard InChI is InChI=1S/C44H54N8O6/c1-23(2)36-30-19-26(32-21-45-39(47-32)34-11-9-17-51(34)41(53)37(24(3)4)49-43(55)57-7)13-15-28(30)29-16-14-27(20-31(29)36)33-22-46-40(48-33)35-12-10-18-52(35)42(54)38(25(5)6)50-44(56)58-8/h13-16,19-22,24-25,34-35,37-38H,9-12,17-18H2,1-8H3,(H,45,47)(H,46,48)(H,49,55)(H,50,56)/t34-,35-,37-,38-/m0/s1. The summed E-state index contributed by atoms with van der Waals surface area (Å²) in [6, 6.07) is 11.1. The van der Waals surface area contributed by atoms with Crippen LogP contribution in [-0.2, 0) is 19.1 Å². The highest BCUT2D eigenvalue weighted by Gasteiger charge is 2.39. The zero-order valence-electron chi connectivity index (χ0n) is 34.6. The molecule has 58 heavy (non-hydrogen) atoms. The number of nitrogens with one attached hydrogen (secondary N) is 4. The number of amides is 4. The number of hydrogen-bond acceptors (Lipinski definition) is 8. The molecule has 7 rings (SSSR count). The average molecular weight is 791 g/mol. The van der Waals surface area contributed by atoms with Gasteiger partial charge in [-0.05, 0) is 91.3 Å². The maximum Gasteiger partial charge on any atom is 0.407 e. The summed E-state index contributed by atoms with van der Waals surface area (Å²) in [6.07, 6.45) is 5.64. The van der Waals surface area contributed by atoms with Crippen LogP contribution in [0.4, 0.5) is 9.59 Å². The highest BCUT2D eigenvalue weighted by molar-refractivity contribution is 6.04. The topological polar surface area (TPSA) is 175 Å². The number of allylic oxidation sites excluding steroid dienone is 1. The molecule has 14 nitrogen and oxygen atoms in total. The second-order valence-electron chi connectivity index (χ2n) is 16.4. The van der Waals surface area contributed by atoms with Crippen LogP contribution >= 0.6 is 0 Å². The van der Waals surface area contributed by atoms with E-state index >= 15 is 0 Å². The number of carbonyl (C=O) groups excluding carboxylic acids is 4. The van der Waals surface area contributed by atoms with Crippen molar-refractivity contribution in [2.45, 2.75) is 91.4 Å². The second kappa shape index (κ2) is 16.5. The van der Waals surface area contributed by atoms with Crippen molar-refractivity contribution in [2.75, 3.05) is 27.3 Å². The molecular formula is C44H54N8O6. The number of fused-ring (bicyclic) bond motifs is 3. The third-order valence-electron chi connectivity index (χ3n) is 11.7. The fourth-order valence-electron chi connectivity index (χ4n) is 8.68. The van der Waals surface area contributed by atoms with Gasteiger partial charge >= 0.3 is 12.2 Å². The molecule has 4 heterocycles. The van der Waals surface area contributed by atoms with Crippen molar-refractivity contribution in [2.24, 2.45) is 11.8 Å². The number of aromatic amines is 2. The van der Waals surface area contributed by atoms with Crippen LogP contribution < -0.4 is 10.6 Å². The van der Waals surface area contributed by atoms with Crippen LogP contribution in [0.25, 0.3) is 39.2 Å². The van der Waals surface area contributed by atoms with Crippen molar-refractivity contribution in [3.63, 3.8) is 0 Å².